The van der Waals surface area contributed by atoms with Gasteiger partial charge in [-0.25, -0.2) is 4.39 Å². The third-order valence-corrected chi connectivity index (χ3v) is 4.95. The van der Waals surface area contributed by atoms with Gasteiger partial charge in [-0.2, -0.15) is 0 Å². The lowest BCUT2D eigenvalue weighted by Crippen LogP contribution is -2.15. The van der Waals surface area contributed by atoms with Crippen LogP contribution in [0.3, 0.4) is 0 Å². The quantitative estimate of drug-likeness (QED) is 0.742. The number of hydrogen-bond donors (Lipinski definition) is 1. The molecule has 26 heavy (non-hydrogen) atoms. The van der Waals surface area contributed by atoms with E-state index in [0.29, 0.717) is 22.9 Å². The van der Waals surface area contributed by atoms with Crippen molar-refractivity contribution in [1.29, 1.82) is 0 Å². The Balaban J connectivity index is 2.00. The summed E-state index contributed by atoms with van der Waals surface area (Å²) in [6, 6.07) is 9.64. The van der Waals surface area contributed by atoms with Crippen LogP contribution >= 0.6 is 11.8 Å². The second kappa shape index (κ2) is 9.33. The lowest BCUT2D eigenvalue weighted by Gasteiger charge is -2.15. The Morgan fingerprint density at radius 3 is 2.15 bits per heavy atom. The van der Waals surface area contributed by atoms with Crippen LogP contribution in [0.4, 0.5) is 10.1 Å². The van der Waals surface area contributed by atoms with Crippen LogP contribution in [-0.2, 0) is 4.79 Å². The Morgan fingerprint density at radius 2 is 1.65 bits per heavy atom. The molecule has 0 saturated carbocycles. The molecule has 2 aromatic carbocycles. The Labute approximate surface area is 156 Å². The second-order valence-corrected chi connectivity index (χ2v) is 6.80. The van der Waals surface area contributed by atoms with Gasteiger partial charge >= 0.3 is 0 Å². The normalized spacial score (nSPS) is 11.6. The third-order valence-electron chi connectivity index (χ3n) is 3.75. The number of methoxy groups -OCH3 is 3. The van der Waals surface area contributed by atoms with Gasteiger partial charge in [-0.15, -0.1) is 11.8 Å². The largest absolute Gasteiger partial charge is 0.493 e. The monoisotopic (exact) mass is 379 g/mol. The molecule has 0 bridgehead atoms. The predicted molar refractivity (Wildman–Crippen MR) is 102 cm³/mol. The van der Waals surface area contributed by atoms with Crippen LogP contribution in [0.15, 0.2) is 36.4 Å². The third kappa shape index (κ3) is 5.05. The Morgan fingerprint density at radius 1 is 1.08 bits per heavy atom. The van der Waals surface area contributed by atoms with Crippen LogP contribution in [0.2, 0.25) is 0 Å². The van der Waals surface area contributed by atoms with Gasteiger partial charge in [-0.1, -0.05) is 12.1 Å². The summed E-state index contributed by atoms with van der Waals surface area (Å²) >= 11 is 1.47. The zero-order valence-electron chi connectivity index (χ0n) is 15.2. The number of benzene rings is 2. The van der Waals surface area contributed by atoms with Crippen molar-refractivity contribution in [2.24, 2.45) is 0 Å². The number of carbonyl (C=O) groups is 1. The van der Waals surface area contributed by atoms with Gasteiger partial charge in [0.1, 0.15) is 5.82 Å². The van der Waals surface area contributed by atoms with E-state index in [2.05, 4.69) is 5.32 Å². The summed E-state index contributed by atoms with van der Waals surface area (Å²) in [5.41, 5.74) is 1.52. The minimum Gasteiger partial charge on any atom is -0.493 e. The fourth-order valence-electron chi connectivity index (χ4n) is 2.38. The van der Waals surface area contributed by atoms with Crippen molar-refractivity contribution in [3.05, 3.63) is 47.8 Å². The molecular weight excluding hydrogens is 357 g/mol. The van der Waals surface area contributed by atoms with E-state index in [4.69, 9.17) is 14.2 Å². The standard InChI is InChI=1S/C19H22FNO4S/c1-12(13-5-7-14(20)8-6-13)26-11-18(22)21-15-9-16(23-2)19(25-4)17(10-15)24-3/h5-10,12H,11H2,1-4H3,(H,21,22). The smallest absolute Gasteiger partial charge is 0.234 e. The molecule has 0 heterocycles. The Bertz CT molecular complexity index is 727. The number of nitrogens with one attached hydrogen (secondary N) is 1. The van der Waals surface area contributed by atoms with Gasteiger partial charge in [0.25, 0.3) is 0 Å². The molecule has 2 aromatic rings. The average molecular weight is 379 g/mol. The topological polar surface area (TPSA) is 56.8 Å². The van der Waals surface area contributed by atoms with Crippen LogP contribution in [0.1, 0.15) is 17.7 Å². The fraction of sp³-hybridized carbons (Fsp3) is 0.316. The number of anilines is 1. The number of carbonyl (C=O) groups excluding carboxylic acids is 1. The SMILES string of the molecule is COc1cc(NC(=O)CSC(C)c2ccc(F)cc2)cc(OC)c1OC. The molecule has 5 nitrogen and oxygen atoms in total. The molecule has 1 unspecified atom stereocenters. The highest BCUT2D eigenvalue weighted by Gasteiger charge is 2.15. The van der Waals surface area contributed by atoms with Crippen LogP contribution in [-0.4, -0.2) is 33.0 Å². The van der Waals surface area contributed by atoms with E-state index >= 15 is 0 Å². The van der Waals surface area contributed by atoms with Crippen molar-refractivity contribution in [2.45, 2.75) is 12.2 Å². The number of halogens is 1. The second-order valence-electron chi connectivity index (χ2n) is 5.47. The lowest BCUT2D eigenvalue weighted by atomic mass is 10.2. The molecule has 0 fully saturated rings. The van der Waals surface area contributed by atoms with Gasteiger partial charge in [0.05, 0.1) is 27.1 Å². The number of rotatable bonds is 8. The van der Waals surface area contributed by atoms with Crippen molar-refractivity contribution in [1.82, 2.24) is 0 Å². The Hall–Kier alpha value is -2.41. The first-order valence-corrected chi connectivity index (χ1v) is 9.00. The number of ether oxygens (including phenoxy) is 3. The molecule has 1 atom stereocenters. The highest BCUT2D eigenvalue weighted by molar-refractivity contribution is 8.00. The van der Waals surface area contributed by atoms with Gasteiger partial charge in [0.15, 0.2) is 11.5 Å². The van der Waals surface area contributed by atoms with E-state index in [1.807, 2.05) is 6.92 Å². The molecular formula is C19H22FNO4S. The zero-order chi connectivity index (χ0) is 19.1. The van der Waals surface area contributed by atoms with E-state index in [-0.39, 0.29) is 22.7 Å². The predicted octanol–water partition coefficient (Wildman–Crippen LogP) is 4.28. The highest BCUT2D eigenvalue weighted by atomic mass is 32.2. The minimum absolute atomic E-state index is 0.0706. The summed E-state index contributed by atoms with van der Waals surface area (Å²) in [6.45, 7) is 1.98. The van der Waals surface area contributed by atoms with Crippen molar-refractivity contribution in [3.63, 3.8) is 0 Å². The summed E-state index contributed by atoms with van der Waals surface area (Å²) < 4.78 is 28.8. The molecule has 0 radical (unpaired) electrons. The molecule has 0 aliphatic rings. The van der Waals surface area contributed by atoms with Crippen LogP contribution in [0.25, 0.3) is 0 Å². The van der Waals surface area contributed by atoms with Crippen LogP contribution in [0, 0.1) is 5.82 Å². The van der Waals surface area contributed by atoms with E-state index in [1.54, 1.807) is 24.3 Å². The van der Waals surface area contributed by atoms with Gasteiger partial charge in [-0.3, -0.25) is 4.79 Å². The van der Waals surface area contributed by atoms with Gasteiger partial charge in [0.2, 0.25) is 11.7 Å². The number of thioether (sulfide) groups is 1. The highest BCUT2D eigenvalue weighted by Crippen LogP contribution is 2.40. The van der Waals surface area contributed by atoms with Gasteiger partial charge in [0, 0.05) is 23.1 Å². The van der Waals surface area contributed by atoms with Crippen LogP contribution in [0.5, 0.6) is 17.2 Å². The molecule has 0 aliphatic carbocycles. The minimum atomic E-state index is -0.272. The lowest BCUT2D eigenvalue weighted by molar-refractivity contribution is -0.113. The first-order valence-electron chi connectivity index (χ1n) is 7.95. The molecule has 7 heteroatoms. The van der Waals surface area contributed by atoms with E-state index in [0.717, 1.165) is 5.56 Å². The van der Waals surface area contributed by atoms with Crippen molar-refractivity contribution in [3.8, 4) is 17.2 Å². The summed E-state index contributed by atoms with van der Waals surface area (Å²) in [4.78, 5) is 12.3. The molecule has 140 valence electrons. The zero-order valence-corrected chi connectivity index (χ0v) is 16.0. The summed E-state index contributed by atoms with van der Waals surface area (Å²) in [7, 11) is 4.55. The molecule has 0 saturated heterocycles. The average Bonchev–Trinajstić information content (AvgIpc) is 2.65. The molecule has 1 N–H and O–H groups in total. The fourth-order valence-corrected chi connectivity index (χ4v) is 3.20. The van der Waals surface area contributed by atoms with Gasteiger partial charge < -0.3 is 19.5 Å². The maximum atomic E-state index is 13.0. The van der Waals surface area contributed by atoms with Crippen LogP contribution < -0.4 is 19.5 Å². The molecule has 0 spiro atoms. The molecule has 0 aromatic heterocycles. The summed E-state index contributed by atoms with van der Waals surface area (Å²) in [5.74, 6) is 1.23. The maximum absolute atomic E-state index is 13.0. The van der Waals surface area contributed by atoms with E-state index < -0.39 is 0 Å². The van der Waals surface area contributed by atoms with E-state index in [1.165, 1.54) is 45.2 Å². The molecule has 2 rings (SSSR count). The first kappa shape index (κ1) is 19.9. The van der Waals surface area contributed by atoms with Gasteiger partial charge in [-0.05, 0) is 24.6 Å². The first-order chi connectivity index (χ1) is 12.5. The maximum Gasteiger partial charge on any atom is 0.234 e. The molecule has 1 amide bonds. The Kier molecular flexibility index (Phi) is 7.15. The van der Waals surface area contributed by atoms with Crippen molar-refractivity contribution in [2.75, 3.05) is 32.4 Å². The van der Waals surface area contributed by atoms with Crippen molar-refractivity contribution < 1.29 is 23.4 Å². The van der Waals surface area contributed by atoms with Crippen molar-refractivity contribution >= 4 is 23.4 Å². The number of hydrogen-bond acceptors (Lipinski definition) is 5. The summed E-state index contributed by atoms with van der Waals surface area (Å²) in [5, 5.41) is 2.89. The summed E-state index contributed by atoms with van der Waals surface area (Å²) in [6.07, 6.45) is 0. The number of amides is 1. The molecule has 0 aliphatic heterocycles. The van der Waals surface area contributed by atoms with E-state index in [9.17, 15) is 9.18 Å².